The van der Waals surface area contributed by atoms with Crippen molar-refractivity contribution < 1.29 is 4.42 Å². The van der Waals surface area contributed by atoms with E-state index in [1.165, 1.54) is 31.2 Å². The Hall–Kier alpha value is -1.55. The average molecular weight is 273 g/mol. The lowest BCUT2D eigenvalue weighted by atomic mass is 10.0. The lowest BCUT2D eigenvalue weighted by Gasteiger charge is -2.14. The van der Waals surface area contributed by atoms with E-state index in [0.29, 0.717) is 5.41 Å². The smallest absolute Gasteiger partial charge is 0.152 e. The summed E-state index contributed by atoms with van der Waals surface area (Å²) in [6.45, 7) is 6.19. The van der Waals surface area contributed by atoms with Gasteiger partial charge in [-0.05, 0) is 43.7 Å². The van der Waals surface area contributed by atoms with Crippen molar-refractivity contribution in [3.63, 3.8) is 0 Å². The van der Waals surface area contributed by atoms with Crippen LogP contribution < -0.4 is 5.32 Å². The molecule has 1 fully saturated rings. The third-order valence-corrected chi connectivity index (χ3v) is 4.26. The molecule has 2 N–H and O–H groups in total. The summed E-state index contributed by atoms with van der Waals surface area (Å²) in [5.74, 6) is 1.79. The predicted octanol–water partition coefficient (Wildman–Crippen LogP) is 3.65. The highest BCUT2D eigenvalue weighted by molar-refractivity contribution is 5.56. The summed E-state index contributed by atoms with van der Waals surface area (Å²) in [5, 5.41) is 10.8. The van der Waals surface area contributed by atoms with E-state index >= 15 is 0 Å². The number of furan rings is 1. The van der Waals surface area contributed by atoms with Crippen LogP contribution in [-0.4, -0.2) is 16.7 Å². The van der Waals surface area contributed by atoms with Gasteiger partial charge >= 0.3 is 0 Å². The Labute approximate surface area is 120 Å². The minimum atomic E-state index is 0.583. The maximum absolute atomic E-state index is 5.67. The van der Waals surface area contributed by atoms with E-state index in [0.717, 1.165) is 30.3 Å². The van der Waals surface area contributed by atoms with Crippen LogP contribution in [0.2, 0.25) is 0 Å². The van der Waals surface area contributed by atoms with Crippen LogP contribution in [0, 0.1) is 12.3 Å². The van der Waals surface area contributed by atoms with Gasteiger partial charge < -0.3 is 9.73 Å². The zero-order valence-electron chi connectivity index (χ0n) is 12.3. The second kappa shape index (κ2) is 5.44. The molecule has 0 unspecified atom stereocenters. The normalized spacial score (nSPS) is 16.5. The molecule has 0 aromatic carbocycles. The molecule has 3 rings (SSSR count). The molecule has 2 aromatic heterocycles. The van der Waals surface area contributed by atoms with E-state index in [9.17, 15) is 0 Å². The van der Waals surface area contributed by atoms with Crippen LogP contribution in [0.5, 0.6) is 0 Å². The molecule has 2 heterocycles. The fourth-order valence-corrected chi connectivity index (χ4v) is 2.91. The van der Waals surface area contributed by atoms with Gasteiger partial charge in [0.25, 0.3) is 0 Å². The van der Waals surface area contributed by atoms with Gasteiger partial charge in [0, 0.05) is 18.7 Å². The monoisotopic (exact) mass is 273 g/mol. The van der Waals surface area contributed by atoms with Gasteiger partial charge in [-0.15, -0.1) is 0 Å². The molecule has 0 aliphatic heterocycles. The fourth-order valence-electron chi connectivity index (χ4n) is 2.91. The number of aryl methyl sites for hydroxylation is 1. The minimum absolute atomic E-state index is 0.583. The van der Waals surface area contributed by atoms with Gasteiger partial charge in [0.1, 0.15) is 11.5 Å². The summed E-state index contributed by atoms with van der Waals surface area (Å²) in [4.78, 5) is 0. The summed E-state index contributed by atoms with van der Waals surface area (Å²) in [7, 11) is 0. The van der Waals surface area contributed by atoms with E-state index < -0.39 is 0 Å². The van der Waals surface area contributed by atoms with Gasteiger partial charge in [-0.3, -0.25) is 5.10 Å². The lowest BCUT2D eigenvalue weighted by molar-refractivity contribution is 0.421. The molecule has 1 aliphatic rings. The van der Waals surface area contributed by atoms with Crippen molar-refractivity contribution in [3.05, 3.63) is 29.7 Å². The molecule has 1 saturated carbocycles. The van der Waals surface area contributed by atoms with Crippen LogP contribution in [-0.2, 0) is 6.54 Å². The first-order valence-corrected chi connectivity index (χ1v) is 7.52. The fraction of sp³-hybridized carbons (Fsp3) is 0.562. The van der Waals surface area contributed by atoms with Gasteiger partial charge in [-0.2, -0.15) is 5.10 Å². The summed E-state index contributed by atoms with van der Waals surface area (Å²) in [6.07, 6.45) is 7.27. The number of nitrogens with zero attached hydrogens (tertiary/aromatic N) is 1. The average Bonchev–Trinajstić information content (AvgIpc) is 2.85. The van der Waals surface area contributed by atoms with Crippen LogP contribution in [0.15, 0.2) is 22.7 Å². The van der Waals surface area contributed by atoms with E-state index in [-0.39, 0.29) is 0 Å². The Morgan fingerprint density at radius 3 is 2.90 bits per heavy atom. The Morgan fingerprint density at radius 2 is 2.25 bits per heavy atom. The molecule has 0 radical (unpaired) electrons. The number of nitrogens with one attached hydrogen (secondary N) is 2. The van der Waals surface area contributed by atoms with Gasteiger partial charge in [-0.25, -0.2) is 0 Å². The first-order chi connectivity index (χ1) is 9.72. The summed E-state index contributed by atoms with van der Waals surface area (Å²) < 4.78 is 5.67. The zero-order valence-corrected chi connectivity index (χ0v) is 12.3. The van der Waals surface area contributed by atoms with Crippen LogP contribution in [0.1, 0.15) is 43.9 Å². The second-order valence-corrected chi connectivity index (χ2v) is 6.03. The van der Waals surface area contributed by atoms with E-state index in [4.69, 9.17) is 4.42 Å². The van der Waals surface area contributed by atoms with Crippen molar-refractivity contribution >= 4 is 0 Å². The molecule has 108 valence electrons. The number of aromatic nitrogens is 2. The SMILES string of the molecule is CCCC1(CNCc2cn[nH]c2-c2ccc(C)o2)CC1. The molecular formula is C16H23N3O. The number of aromatic amines is 1. The van der Waals surface area contributed by atoms with Crippen molar-refractivity contribution in [1.29, 1.82) is 0 Å². The molecule has 0 bridgehead atoms. The van der Waals surface area contributed by atoms with Crippen molar-refractivity contribution in [2.24, 2.45) is 5.41 Å². The van der Waals surface area contributed by atoms with Crippen LogP contribution in [0.3, 0.4) is 0 Å². The predicted molar refractivity (Wildman–Crippen MR) is 79.3 cm³/mol. The second-order valence-electron chi connectivity index (χ2n) is 6.03. The van der Waals surface area contributed by atoms with Crippen molar-refractivity contribution in [1.82, 2.24) is 15.5 Å². The van der Waals surface area contributed by atoms with Gasteiger partial charge in [0.15, 0.2) is 5.76 Å². The Morgan fingerprint density at radius 1 is 1.40 bits per heavy atom. The molecule has 0 spiro atoms. The van der Waals surface area contributed by atoms with E-state index in [2.05, 4.69) is 22.4 Å². The quantitative estimate of drug-likeness (QED) is 0.809. The molecule has 0 atom stereocenters. The molecule has 0 saturated heterocycles. The third kappa shape index (κ3) is 2.80. The largest absolute Gasteiger partial charge is 0.460 e. The number of hydrogen-bond donors (Lipinski definition) is 2. The van der Waals surface area contributed by atoms with Crippen molar-refractivity contribution in [2.45, 2.75) is 46.1 Å². The highest BCUT2D eigenvalue weighted by Gasteiger charge is 2.40. The first-order valence-electron chi connectivity index (χ1n) is 7.52. The van der Waals surface area contributed by atoms with Crippen LogP contribution in [0.25, 0.3) is 11.5 Å². The lowest BCUT2D eigenvalue weighted by Crippen LogP contribution is -2.23. The van der Waals surface area contributed by atoms with Gasteiger partial charge in [0.2, 0.25) is 0 Å². The number of rotatable bonds is 7. The van der Waals surface area contributed by atoms with Crippen molar-refractivity contribution in [3.8, 4) is 11.5 Å². The Kier molecular flexibility index (Phi) is 3.66. The van der Waals surface area contributed by atoms with Crippen molar-refractivity contribution in [2.75, 3.05) is 6.54 Å². The van der Waals surface area contributed by atoms with Gasteiger partial charge in [-0.1, -0.05) is 13.3 Å². The Bertz CT molecular complexity index is 566. The maximum atomic E-state index is 5.67. The topological polar surface area (TPSA) is 53.9 Å². The zero-order chi connectivity index (χ0) is 14.0. The highest BCUT2D eigenvalue weighted by Crippen LogP contribution is 2.48. The van der Waals surface area contributed by atoms with Crippen LogP contribution >= 0.6 is 0 Å². The highest BCUT2D eigenvalue weighted by atomic mass is 16.3. The third-order valence-electron chi connectivity index (χ3n) is 4.26. The molecule has 2 aromatic rings. The van der Waals surface area contributed by atoms with E-state index in [1.54, 1.807) is 0 Å². The number of H-pyrrole nitrogens is 1. The summed E-state index contributed by atoms with van der Waals surface area (Å²) in [6, 6.07) is 3.97. The van der Waals surface area contributed by atoms with Crippen LogP contribution in [0.4, 0.5) is 0 Å². The molecule has 4 heteroatoms. The van der Waals surface area contributed by atoms with Gasteiger partial charge in [0.05, 0.1) is 6.20 Å². The molecule has 0 amide bonds. The molecular weight excluding hydrogens is 250 g/mol. The number of hydrogen-bond acceptors (Lipinski definition) is 3. The Balaban J connectivity index is 1.60. The molecule has 1 aliphatic carbocycles. The first kappa shape index (κ1) is 13.4. The van der Waals surface area contributed by atoms with E-state index in [1.807, 2.05) is 25.3 Å². The molecule has 20 heavy (non-hydrogen) atoms. The summed E-state index contributed by atoms with van der Waals surface area (Å²) >= 11 is 0. The minimum Gasteiger partial charge on any atom is -0.460 e. The standard InChI is InChI=1S/C16H23N3O/c1-3-6-16(7-8-16)11-17-9-13-10-18-19-15(13)14-5-4-12(2)20-14/h4-5,10,17H,3,6-9,11H2,1-2H3,(H,18,19). The molecule has 4 nitrogen and oxygen atoms in total. The maximum Gasteiger partial charge on any atom is 0.152 e. The summed E-state index contributed by atoms with van der Waals surface area (Å²) in [5.41, 5.74) is 2.75.